The summed E-state index contributed by atoms with van der Waals surface area (Å²) in [6, 6.07) is 11.7. The van der Waals surface area contributed by atoms with Gasteiger partial charge in [0, 0.05) is 0 Å². The topological polar surface area (TPSA) is 41.8 Å². The van der Waals surface area contributed by atoms with Crippen LogP contribution in [0.4, 0.5) is 0 Å². The molecule has 1 N–H and O–H groups in total. The summed E-state index contributed by atoms with van der Waals surface area (Å²) in [5.74, 6) is 0.839. The van der Waals surface area contributed by atoms with Crippen LogP contribution in [0.15, 0.2) is 41.6 Å². The molecule has 0 spiro atoms. The molecular weight excluding hydrogens is 190 g/mol. The quantitative estimate of drug-likeness (QED) is 0.461. The fourth-order valence-electron chi connectivity index (χ4n) is 1.52. The number of nitrogens with zero attached hydrogens (tertiary/aromatic N) is 1. The van der Waals surface area contributed by atoms with E-state index in [0.717, 1.165) is 22.1 Å². The van der Waals surface area contributed by atoms with Gasteiger partial charge in [0.05, 0.1) is 13.3 Å². The summed E-state index contributed by atoms with van der Waals surface area (Å²) in [7, 11) is 1.65. The third-order valence-corrected chi connectivity index (χ3v) is 2.28. The van der Waals surface area contributed by atoms with Crippen LogP contribution in [0.2, 0.25) is 0 Å². The van der Waals surface area contributed by atoms with E-state index in [2.05, 4.69) is 5.16 Å². The zero-order chi connectivity index (χ0) is 10.7. The van der Waals surface area contributed by atoms with Gasteiger partial charge in [-0.05, 0) is 34.5 Å². The van der Waals surface area contributed by atoms with Gasteiger partial charge in [-0.15, -0.1) is 0 Å². The van der Waals surface area contributed by atoms with Gasteiger partial charge in [-0.3, -0.25) is 0 Å². The SMILES string of the molecule is COc1ccc2cc(C=NO)ccc2c1. The van der Waals surface area contributed by atoms with Crippen LogP contribution in [-0.4, -0.2) is 18.5 Å². The molecule has 0 aliphatic rings. The summed E-state index contributed by atoms with van der Waals surface area (Å²) in [5.41, 5.74) is 0.871. The number of fused-ring (bicyclic) bond motifs is 1. The van der Waals surface area contributed by atoms with Crippen molar-refractivity contribution in [1.29, 1.82) is 0 Å². The number of methoxy groups -OCH3 is 1. The maximum absolute atomic E-state index is 8.42. The summed E-state index contributed by atoms with van der Waals surface area (Å²) in [4.78, 5) is 0. The van der Waals surface area contributed by atoms with Gasteiger partial charge in [0.25, 0.3) is 0 Å². The van der Waals surface area contributed by atoms with Gasteiger partial charge in [0.1, 0.15) is 5.75 Å². The third-order valence-electron chi connectivity index (χ3n) is 2.28. The Morgan fingerprint density at radius 3 is 2.60 bits per heavy atom. The van der Waals surface area contributed by atoms with Crippen molar-refractivity contribution in [2.75, 3.05) is 7.11 Å². The maximum Gasteiger partial charge on any atom is 0.119 e. The molecule has 0 saturated carbocycles. The second-order valence-electron chi connectivity index (χ2n) is 3.22. The second-order valence-corrected chi connectivity index (χ2v) is 3.22. The number of rotatable bonds is 2. The Morgan fingerprint density at radius 1 is 1.13 bits per heavy atom. The van der Waals surface area contributed by atoms with Crippen LogP contribution in [0.5, 0.6) is 5.75 Å². The molecule has 0 aliphatic carbocycles. The lowest BCUT2D eigenvalue weighted by Crippen LogP contribution is -1.84. The van der Waals surface area contributed by atoms with E-state index in [-0.39, 0.29) is 0 Å². The lowest BCUT2D eigenvalue weighted by atomic mass is 10.1. The summed E-state index contributed by atoms with van der Waals surface area (Å²) in [6.07, 6.45) is 1.41. The summed E-state index contributed by atoms with van der Waals surface area (Å²) >= 11 is 0. The van der Waals surface area contributed by atoms with E-state index in [1.165, 1.54) is 6.21 Å². The van der Waals surface area contributed by atoms with Crippen LogP contribution in [0.3, 0.4) is 0 Å². The number of hydrogen-bond donors (Lipinski definition) is 1. The molecule has 2 aromatic carbocycles. The van der Waals surface area contributed by atoms with Crippen molar-refractivity contribution in [2.45, 2.75) is 0 Å². The average molecular weight is 201 g/mol. The minimum absolute atomic E-state index is 0.839. The van der Waals surface area contributed by atoms with Gasteiger partial charge >= 0.3 is 0 Å². The molecule has 0 bridgehead atoms. The van der Waals surface area contributed by atoms with Crippen molar-refractivity contribution in [3.63, 3.8) is 0 Å². The highest BCUT2D eigenvalue weighted by atomic mass is 16.5. The van der Waals surface area contributed by atoms with Gasteiger partial charge in [-0.1, -0.05) is 23.4 Å². The number of oxime groups is 1. The van der Waals surface area contributed by atoms with E-state index in [9.17, 15) is 0 Å². The zero-order valence-corrected chi connectivity index (χ0v) is 8.34. The Hall–Kier alpha value is -2.03. The average Bonchev–Trinajstić information content (AvgIpc) is 2.29. The van der Waals surface area contributed by atoms with Crippen molar-refractivity contribution in [3.05, 3.63) is 42.0 Å². The van der Waals surface area contributed by atoms with Crippen molar-refractivity contribution < 1.29 is 9.94 Å². The van der Waals surface area contributed by atoms with Crippen molar-refractivity contribution in [3.8, 4) is 5.75 Å². The van der Waals surface area contributed by atoms with Crippen molar-refractivity contribution in [2.24, 2.45) is 5.16 Å². The first kappa shape index (κ1) is 9.52. The molecule has 0 fully saturated rings. The first-order chi connectivity index (χ1) is 7.33. The summed E-state index contributed by atoms with van der Waals surface area (Å²) in [5, 5.41) is 13.6. The van der Waals surface area contributed by atoms with Crippen LogP contribution in [0.1, 0.15) is 5.56 Å². The molecule has 15 heavy (non-hydrogen) atoms. The van der Waals surface area contributed by atoms with E-state index >= 15 is 0 Å². The molecule has 0 saturated heterocycles. The molecule has 0 aliphatic heterocycles. The van der Waals surface area contributed by atoms with Crippen LogP contribution in [-0.2, 0) is 0 Å². The Kier molecular flexibility index (Phi) is 2.54. The van der Waals surface area contributed by atoms with E-state index in [1.807, 2.05) is 36.4 Å². The minimum atomic E-state index is 0.839. The first-order valence-corrected chi connectivity index (χ1v) is 4.59. The molecule has 2 rings (SSSR count). The highest BCUT2D eigenvalue weighted by Crippen LogP contribution is 2.21. The fraction of sp³-hybridized carbons (Fsp3) is 0.0833. The molecule has 3 nitrogen and oxygen atoms in total. The Bertz CT molecular complexity index is 506. The van der Waals surface area contributed by atoms with Gasteiger partial charge < -0.3 is 9.94 Å². The van der Waals surface area contributed by atoms with Gasteiger partial charge in [-0.25, -0.2) is 0 Å². The Labute approximate surface area is 87.6 Å². The number of ether oxygens (including phenoxy) is 1. The van der Waals surface area contributed by atoms with E-state index in [1.54, 1.807) is 7.11 Å². The van der Waals surface area contributed by atoms with Crippen molar-refractivity contribution >= 4 is 17.0 Å². The molecule has 0 unspecified atom stereocenters. The molecule has 3 heteroatoms. The van der Waals surface area contributed by atoms with Crippen LogP contribution >= 0.6 is 0 Å². The molecule has 0 aromatic heterocycles. The predicted molar refractivity (Wildman–Crippen MR) is 59.9 cm³/mol. The highest BCUT2D eigenvalue weighted by molar-refractivity contribution is 5.90. The van der Waals surface area contributed by atoms with E-state index < -0.39 is 0 Å². The third kappa shape index (κ3) is 1.91. The highest BCUT2D eigenvalue weighted by Gasteiger charge is 1.97. The molecule has 0 radical (unpaired) electrons. The molecule has 2 aromatic rings. The Balaban J connectivity index is 2.54. The molecular formula is C12H11NO2. The minimum Gasteiger partial charge on any atom is -0.497 e. The molecule has 0 atom stereocenters. The second kappa shape index (κ2) is 4.00. The summed E-state index contributed by atoms with van der Waals surface area (Å²) in [6.45, 7) is 0. The maximum atomic E-state index is 8.42. The molecule has 76 valence electrons. The van der Waals surface area contributed by atoms with Crippen molar-refractivity contribution in [1.82, 2.24) is 0 Å². The standard InChI is InChI=1S/C12H11NO2/c1-15-12-5-4-10-6-9(8-13-14)2-3-11(10)7-12/h2-8,14H,1H3. The Morgan fingerprint density at radius 2 is 1.87 bits per heavy atom. The van der Waals surface area contributed by atoms with Crippen LogP contribution < -0.4 is 4.74 Å². The smallest absolute Gasteiger partial charge is 0.119 e. The number of benzene rings is 2. The fourth-order valence-corrected chi connectivity index (χ4v) is 1.52. The monoisotopic (exact) mass is 201 g/mol. The lowest BCUT2D eigenvalue weighted by molar-refractivity contribution is 0.322. The molecule has 0 heterocycles. The lowest BCUT2D eigenvalue weighted by Gasteiger charge is -2.02. The largest absolute Gasteiger partial charge is 0.497 e. The zero-order valence-electron chi connectivity index (χ0n) is 8.34. The predicted octanol–water partition coefficient (Wildman–Crippen LogP) is 2.66. The summed E-state index contributed by atoms with van der Waals surface area (Å²) < 4.78 is 5.13. The van der Waals surface area contributed by atoms with Crippen LogP contribution in [0.25, 0.3) is 10.8 Å². The van der Waals surface area contributed by atoms with Gasteiger partial charge in [-0.2, -0.15) is 0 Å². The van der Waals surface area contributed by atoms with Crippen LogP contribution in [0, 0.1) is 0 Å². The van der Waals surface area contributed by atoms with E-state index in [0.29, 0.717) is 0 Å². The molecule has 0 amide bonds. The van der Waals surface area contributed by atoms with E-state index in [4.69, 9.17) is 9.94 Å². The number of hydrogen-bond acceptors (Lipinski definition) is 3. The normalized spacial score (nSPS) is 11.0. The van der Waals surface area contributed by atoms with Gasteiger partial charge in [0.2, 0.25) is 0 Å². The van der Waals surface area contributed by atoms with Gasteiger partial charge in [0.15, 0.2) is 0 Å². The first-order valence-electron chi connectivity index (χ1n) is 4.59.